The molecule has 0 aliphatic carbocycles. The molecular weight excluding hydrogens is 641 g/mol. The first-order chi connectivity index (χ1) is 20.3. The zero-order valence-electron chi connectivity index (χ0n) is 22.3. The summed E-state index contributed by atoms with van der Waals surface area (Å²) < 4.78 is 12.3. The summed E-state index contributed by atoms with van der Waals surface area (Å²) in [6.07, 6.45) is 1.77. The zero-order chi connectivity index (χ0) is 29.6. The van der Waals surface area contributed by atoms with Crippen molar-refractivity contribution in [2.45, 2.75) is 6.92 Å². The maximum Gasteiger partial charge on any atom is 0.281 e. The monoisotopic (exact) mass is 663 g/mol. The fraction of sp³-hybridized carbons (Fsp3) is 0.0938. The van der Waals surface area contributed by atoms with Gasteiger partial charge in [-0.05, 0) is 77.0 Å². The molecule has 0 spiro atoms. The van der Waals surface area contributed by atoms with E-state index in [0.29, 0.717) is 60.8 Å². The van der Waals surface area contributed by atoms with E-state index < -0.39 is 5.91 Å². The molecule has 0 radical (unpaired) electrons. The molecule has 0 aromatic heterocycles. The number of para-hydroxylation sites is 1. The minimum atomic E-state index is -0.393. The fourth-order valence-electron chi connectivity index (χ4n) is 4.25. The molecule has 0 bridgehead atoms. The lowest BCUT2D eigenvalue weighted by molar-refractivity contribution is -0.118. The molecule has 4 aromatic rings. The number of rotatable bonds is 9. The van der Waals surface area contributed by atoms with Crippen LogP contribution in [0.25, 0.3) is 6.08 Å². The number of hydrogen-bond acceptors (Lipinski definition) is 5. The van der Waals surface area contributed by atoms with Gasteiger partial charge in [0.2, 0.25) is 0 Å². The number of nitrogens with zero attached hydrogens (tertiary/aromatic N) is 2. The second-order valence-corrected chi connectivity index (χ2v) is 10.7. The fourth-order valence-corrected chi connectivity index (χ4v) is 5.12. The number of benzene rings is 4. The molecular formula is C32H24BrCl2N3O4. The van der Waals surface area contributed by atoms with Gasteiger partial charge in [-0.3, -0.25) is 9.59 Å². The largest absolute Gasteiger partial charge is 0.490 e. The summed E-state index contributed by atoms with van der Waals surface area (Å²) in [4.78, 5) is 26.2. The Morgan fingerprint density at radius 2 is 1.67 bits per heavy atom. The van der Waals surface area contributed by atoms with Gasteiger partial charge in [-0.2, -0.15) is 10.1 Å². The van der Waals surface area contributed by atoms with Crippen molar-refractivity contribution in [1.82, 2.24) is 0 Å². The number of hydrogen-bond donors (Lipinski definition) is 1. The van der Waals surface area contributed by atoms with Crippen molar-refractivity contribution in [2.75, 3.05) is 23.5 Å². The molecule has 5 rings (SSSR count). The second-order valence-electron chi connectivity index (χ2n) is 9.05. The van der Waals surface area contributed by atoms with Crippen LogP contribution in [0.2, 0.25) is 10.0 Å². The summed E-state index contributed by atoms with van der Waals surface area (Å²) in [5.41, 5.74) is 3.63. The van der Waals surface area contributed by atoms with Gasteiger partial charge in [0.25, 0.3) is 11.8 Å². The van der Waals surface area contributed by atoms with Gasteiger partial charge in [-0.25, -0.2) is 0 Å². The number of nitrogens with one attached hydrogen (secondary N) is 1. The molecule has 7 nitrogen and oxygen atoms in total. The van der Waals surface area contributed by atoms with E-state index in [1.54, 1.807) is 36.4 Å². The van der Waals surface area contributed by atoms with Crippen LogP contribution < -0.4 is 19.8 Å². The molecule has 2 amide bonds. The van der Waals surface area contributed by atoms with Crippen molar-refractivity contribution in [3.8, 4) is 11.5 Å². The molecule has 212 valence electrons. The Hall–Kier alpha value is -4.11. The highest BCUT2D eigenvalue weighted by molar-refractivity contribution is 9.10. The molecule has 42 heavy (non-hydrogen) atoms. The molecule has 1 N–H and O–H groups in total. The van der Waals surface area contributed by atoms with E-state index in [4.69, 9.17) is 32.7 Å². The normalized spacial score (nSPS) is 13.7. The average molecular weight is 665 g/mol. The van der Waals surface area contributed by atoms with Crippen molar-refractivity contribution < 1.29 is 19.1 Å². The van der Waals surface area contributed by atoms with Crippen molar-refractivity contribution in [3.63, 3.8) is 0 Å². The van der Waals surface area contributed by atoms with Gasteiger partial charge < -0.3 is 14.8 Å². The predicted molar refractivity (Wildman–Crippen MR) is 171 cm³/mol. The first-order valence-electron chi connectivity index (χ1n) is 12.9. The molecule has 1 aliphatic rings. The minimum absolute atomic E-state index is 0.256. The molecule has 1 heterocycles. The number of ether oxygens (including phenoxy) is 2. The Morgan fingerprint density at radius 1 is 0.952 bits per heavy atom. The highest BCUT2D eigenvalue weighted by Gasteiger charge is 2.32. The summed E-state index contributed by atoms with van der Waals surface area (Å²) in [6, 6.07) is 27.2. The number of halogens is 3. The van der Waals surface area contributed by atoms with E-state index in [9.17, 15) is 9.59 Å². The topological polar surface area (TPSA) is 80.2 Å². The Bertz CT molecular complexity index is 1700. The van der Waals surface area contributed by atoms with Crippen molar-refractivity contribution in [3.05, 3.63) is 122 Å². The van der Waals surface area contributed by atoms with Crippen LogP contribution in [0.4, 0.5) is 11.4 Å². The van der Waals surface area contributed by atoms with E-state index in [2.05, 4.69) is 26.3 Å². The number of carbonyl (C=O) groups is 2. The summed E-state index contributed by atoms with van der Waals surface area (Å²) in [5.74, 6) is 0.108. The number of amides is 2. The van der Waals surface area contributed by atoms with Gasteiger partial charge in [0.15, 0.2) is 18.1 Å². The van der Waals surface area contributed by atoms with E-state index in [0.717, 1.165) is 5.56 Å². The van der Waals surface area contributed by atoms with Crippen LogP contribution >= 0.6 is 39.1 Å². The lowest BCUT2D eigenvalue weighted by atomic mass is 10.00. The highest BCUT2D eigenvalue weighted by atomic mass is 79.9. The lowest BCUT2D eigenvalue weighted by Crippen LogP contribution is -2.21. The molecule has 0 unspecified atom stereocenters. The highest BCUT2D eigenvalue weighted by Crippen LogP contribution is 2.38. The van der Waals surface area contributed by atoms with Gasteiger partial charge in [0, 0.05) is 11.3 Å². The smallest absolute Gasteiger partial charge is 0.281 e. The third-order valence-electron chi connectivity index (χ3n) is 6.12. The molecule has 10 heteroatoms. The Morgan fingerprint density at radius 3 is 2.36 bits per heavy atom. The second kappa shape index (κ2) is 13.2. The molecule has 0 atom stereocenters. The van der Waals surface area contributed by atoms with Crippen LogP contribution in [0.15, 0.2) is 106 Å². The van der Waals surface area contributed by atoms with Crippen molar-refractivity contribution in [2.24, 2.45) is 5.10 Å². The first kappa shape index (κ1) is 29.4. The maximum atomic E-state index is 13.6. The number of hydrazone groups is 1. The third kappa shape index (κ3) is 6.68. The van der Waals surface area contributed by atoms with E-state index in [1.165, 1.54) is 5.01 Å². The van der Waals surface area contributed by atoms with Crippen LogP contribution in [0.1, 0.15) is 18.1 Å². The van der Waals surface area contributed by atoms with Gasteiger partial charge in [0.1, 0.15) is 5.71 Å². The van der Waals surface area contributed by atoms with E-state index in [1.807, 2.05) is 67.6 Å². The minimum Gasteiger partial charge on any atom is -0.490 e. The SMILES string of the molecule is CCOc1cc(/C=C2\C(=O)N(c3ccccc3)N=C2c2ccccc2)cc(Br)c1OCC(=O)Nc1ccc(Cl)c(Cl)c1. The van der Waals surface area contributed by atoms with Crippen molar-refractivity contribution in [1.29, 1.82) is 0 Å². The number of anilines is 2. The molecule has 0 saturated carbocycles. The Labute approximate surface area is 261 Å². The van der Waals surface area contributed by atoms with Gasteiger partial charge in [-0.15, -0.1) is 0 Å². The summed E-state index contributed by atoms with van der Waals surface area (Å²) >= 11 is 15.5. The predicted octanol–water partition coefficient (Wildman–Crippen LogP) is 8.01. The van der Waals surface area contributed by atoms with Gasteiger partial charge in [-0.1, -0.05) is 71.7 Å². The summed E-state index contributed by atoms with van der Waals surface area (Å²) in [7, 11) is 0. The van der Waals surface area contributed by atoms with Gasteiger partial charge >= 0.3 is 0 Å². The van der Waals surface area contributed by atoms with Gasteiger partial charge in [0.05, 0.1) is 32.4 Å². The Kier molecular flexibility index (Phi) is 9.27. The van der Waals surface area contributed by atoms with Crippen LogP contribution in [-0.2, 0) is 9.59 Å². The van der Waals surface area contributed by atoms with Crippen LogP contribution in [-0.4, -0.2) is 30.7 Å². The first-order valence-corrected chi connectivity index (χ1v) is 14.5. The van der Waals surface area contributed by atoms with E-state index >= 15 is 0 Å². The van der Waals surface area contributed by atoms with Crippen molar-refractivity contribution >= 4 is 74.1 Å². The molecule has 4 aromatic carbocycles. The maximum absolute atomic E-state index is 13.6. The molecule has 0 fully saturated rings. The van der Waals surface area contributed by atoms with Crippen LogP contribution in [0, 0.1) is 0 Å². The zero-order valence-corrected chi connectivity index (χ0v) is 25.4. The molecule has 0 saturated heterocycles. The summed E-state index contributed by atoms with van der Waals surface area (Å²) in [5, 5.41) is 9.53. The van der Waals surface area contributed by atoms with E-state index in [-0.39, 0.29) is 12.5 Å². The van der Waals surface area contributed by atoms with Crippen LogP contribution in [0.3, 0.4) is 0 Å². The number of carbonyl (C=O) groups excluding carboxylic acids is 2. The average Bonchev–Trinajstić information content (AvgIpc) is 3.31. The summed E-state index contributed by atoms with van der Waals surface area (Å²) in [6.45, 7) is 1.92. The molecule has 1 aliphatic heterocycles. The third-order valence-corrected chi connectivity index (χ3v) is 7.45. The lowest BCUT2D eigenvalue weighted by Gasteiger charge is -2.15. The quantitative estimate of drug-likeness (QED) is 0.184. The Balaban J connectivity index is 1.43. The standard InChI is InChI=1S/C32H24BrCl2N3O4/c1-2-41-28-17-20(16-25(33)31(28)42-19-29(39)36-22-13-14-26(34)27(35)18-22)15-24-30(21-9-5-3-6-10-21)37-38(32(24)40)23-11-7-4-8-12-23/h3-18H,2,19H2,1H3,(H,36,39)/b24-15-. The van der Waals surface area contributed by atoms with Crippen LogP contribution in [0.5, 0.6) is 11.5 Å².